The zero-order chi connectivity index (χ0) is 21.2. The Balaban J connectivity index is 1.49. The summed E-state index contributed by atoms with van der Waals surface area (Å²) in [5.41, 5.74) is 1.90. The third-order valence-electron chi connectivity index (χ3n) is 5.19. The zero-order valence-electron chi connectivity index (χ0n) is 16.6. The number of fused-ring (bicyclic) bond motifs is 2. The second kappa shape index (κ2) is 8.19. The number of nitrogens with zero attached hydrogens (tertiary/aromatic N) is 4. The van der Waals surface area contributed by atoms with Crippen LogP contribution >= 0.6 is 0 Å². The first-order valence-electron chi connectivity index (χ1n) is 9.91. The average molecular weight is 421 g/mol. The second-order valence-electron chi connectivity index (χ2n) is 7.29. The molecule has 0 spiro atoms. The summed E-state index contributed by atoms with van der Waals surface area (Å²) in [5.74, 6) is 0.908. The van der Waals surface area contributed by atoms with E-state index >= 15 is 0 Å². The fourth-order valence-electron chi connectivity index (χ4n) is 3.69. The number of pyridine rings is 1. The Morgan fingerprint density at radius 3 is 2.81 bits per heavy atom. The van der Waals surface area contributed by atoms with Gasteiger partial charge in [-0.25, -0.2) is 9.37 Å². The van der Waals surface area contributed by atoms with E-state index in [2.05, 4.69) is 15.4 Å². The van der Waals surface area contributed by atoms with E-state index in [0.717, 1.165) is 5.39 Å². The Labute approximate surface area is 176 Å². The van der Waals surface area contributed by atoms with E-state index in [-0.39, 0.29) is 24.7 Å². The third kappa shape index (κ3) is 3.99. The number of ether oxygens (including phenoxy) is 2. The van der Waals surface area contributed by atoms with Gasteiger partial charge in [-0.1, -0.05) is 12.1 Å². The number of rotatable bonds is 7. The zero-order valence-corrected chi connectivity index (χ0v) is 16.6. The van der Waals surface area contributed by atoms with Crippen molar-refractivity contribution in [3.63, 3.8) is 0 Å². The van der Waals surface area contributed by atoms with Crippen molar-refractivity contribution in [1.82, 2.24) is 24.6 Å². The average Bonchev–Trinajstić information content (AvgIpc) is 3.44. The third-order valence-corrected chi connectivity index (χ3v) is 5.19. The largest absolute Gasteiger partial charge is 0.454 e. The standard InChI is InChI=1S/C22H20FN5O3/c23-18-3-1-2-15(6-18)11-28-19-9-21-20(30-14-31-21)8-16(19)7-17(22(28)29)10-24-4-5-27-13-25-12-26-27/h1-3,6-9,12-13,24H,4-5,10-11,14H2. The van der Waals surface area contributed by atoms with E-state index < -0.39 is 0 Å². The summed E-state index contributed by atoms with van der Waals surface area (Å²) in [6.45, 7) is 2.06. The van der Waals surface area contributed by atoms with Crippen LogP contribution in [0.2, 0.25) is 0 Å². The van der Waals surface area contributed by atoms with Gasteiger partial charge in [0.05, 0.1) is 18.6 Å². The van der Waals surface area contributed by atoms with Crippen molar-refractivity contribution in [1.29, 1.82) is 0 Å². The SMILES string of the molecule is O=c1c(CNCCn2cncn2)cc2cc3c(cc2n1Cc1cccc(F)c1)OCO3. The van der Waals surface area contributed by atoms with Crippen LogP contribution in [0.1, 0.15) is 11.1 Å². The van der Waals surface area contributed by atoms with Crippen molar-refractivity contribution in [2.75, 3.05) is 13.3 Å². The van der Waals surface area contributed by atoms with Gasteiger partial charge in [0.15, 0.2) is 11.5 Å². The van der Waals surface area contributed by atoms with Crippen molar-refractivity contribution in [3.8, 4) is 11.5 Å². The quantitative estimate of drug-likeness (QED) is 0.461. The van der Waals surface area contributed by atoms with Crippen LogP contribution in [0.3, 0.4) is 0 Å². The lowest BCUT2D eigenvalue weighted by Gasteiger charge is -2.14. The molecule has 0 saturated heterocycles. The summed E-state index contributed by atoms with van der Waals surface area (Å²) < 4.78 is 28.1. The summed E-state index contributed by atoms with van der Waals surface area (Å²) in [5, 5.41) is 8.20. The molecule has 2 aromatic heterocycles. The normalized spacial score (nSPS) is 12.5. The molecule has 31 heavy (non-hydrogen) atoms. The molecule has 9 heteroatoms. The molecule has 0 amide bonds. The number of benzene rings is 2. The predicted molar refractivity (Wildman–Crippen MR) is 112 cm³/mol. The highest BCUT2D eigenvalue weighted by Crippen LogP contribution is 2.36. The highest BCUT2D eigenvalue weighted by molar-refractivity contribution is 5.84. The van der Waals surface area contributed by atoms with E-state index in [4.69, 9.17) is 9.47 Å². The molecule has 1 aliphatic heterocycles. The Kier molecular flexibility index (Phi) is 5.09. The Hall–Kier alpha value is -3.72. The molecule has 0 aliphatic carbocycles. The van der Waals surface area contributed by atoms with Gasteiger partial charge in [0.1, 0.15) is 18.5 Å². The van der Waals surface area contributed by atoms with Crippen LogP contribution in [-0.4, -0.2) is 32.7 Å². The van der Waals surface area contributed by atoms with Gasteiger partial charge in [0, 0.05) is 30.1 Å². The molecule has 8 nitrogen and oxygen atoms in total. The molecule has 0 saturated carbocycles. The monoisotopic (exact) mass is 421 g/mol. The lowest BCUT2D eigenvalue weighted by Crippen LogP contribution is -2.29. The molecule has 5 rings (SSSR count). The number of hydrogen-bond acceptors (Lipinski definition) is 6. The van der Waals surface area contributed by atoms with Crippen LogP contribution in [0.5, 0.6) is 11.5 Å². The highest BCUT2D eigenvalue weighted by atomic mass is 19.1. The summed E-state index contributed by atoms with van der Waals surface area (Å²) >= 11 is 0. The Morgan fingerprint density at radius 1 is 1.13 bits per heavy atom. The van der Waals surface area contributed by atoms with E-state index in [1.165, 1.54) is 18.5 Å². The molecule has 1 N–H and O–H groups in total. The summed E-state index contributed by atoms with van der Waals surface area (Å²) in [4.78, 5) is 17.2. The molecule has 4 aromatic rings. The Morgan fingerprint density at radius 2 is 2.00 bits per heavy atom. The van der Waals surface area contributed by atoms with Gasteiger partial charge in [0.25, 0.3) is 5.56 Å². The maximum Gasteiger partial charge on any atom is 0.255 e. The lowest BCUT2D eigenvalue weighted by molar-refractivity contribution is 0.174. The minimum absolute atomic E-state index is 0.135. The van der Waals surface area contributed by atoms with Gasteiger partial charge in [-0.15, -0.1) is 0 Å². The molecule has 0 fully saturated rings. The topological polar surface area (TPSA) is 83.2 Å². The molecule has 0 atom stereocenters. The molecule has 0 radical (unpaired) electrons. The first-order chi connectivity index (χ1) is 15.2. The van der Waals surface area contributed by atoms with Gasteiger partial charge in [-0.3, -0.25) is 9.48 Å². The van der Waals surface area contributed by atoms with Crippen molar-refractivity contribution in [2.45, 2.75) is 19.6 Å². The highest BCUT2D eigenvalue weighted by Gasteiger charge is 2.18. The van der Waals surface area contributed by atoms with Gasteiger partial charge >= 0.3 is 0 Å². The first kappa shape index (κ1) is 19.3. The van der Waals surface area contributed by atoms with E-state index in [1.54, 1.807) is 33.8 Å². The van der Waals surface area contributed by atoms with Crippen LogP contribution in [-0.2, 0) is 19.6 Å². The van der Waals surface area contributed by atoms with Crippen LogP contribution in [0.25, 0.3) is 10.9 Å². The smallest absolute Gasteiger partial charge is 0.255 e. The van der Waals surface area contributed by atoms with Crippen molar-refractivity contribution >= 4 is 10.9 Å². The number of hydrogen-bond donors (Lipinski definition) is 1. The van der Waals surface area contributed by atoms with E-state index in [0.29, 0.717) is 47.8 Å². The summed E-state index contributed by atoms with van der Waals surface area (Å²) in [6, 6.07) is 11.8. The van der Waals surface area contributed by atoms with Crippen LogP contribution < -0.4 is 20.3 Å². The maximum absolute atomic E-state index is 13.7. The Bertz CT molecular complexity index is 1290. The summed E-state index contributed by atoms with van der Waals surface area (Å²) in [7, 11) is 0. The molecular weight excluding hydrogens is 401 g/mol. The molecule has 3 heterocycles. The van der Waals surface area contributed by atoms with E-state index in [9.17, 15) is 9.18 Å². The predicted octanol–water partition coefficient (Wildman–Crippen LogP) is 2.30. The number of nitrogens with one attached hydrogen (secondary N) is 1. The number of aromatic nitrogens is 4. The fourth-order valence-corrected chi connectivity index (χ4v) is 3.69. The van der Waals surface area contributed by atoms with Crippen LogP contribution in [0, 0.1) is 5.82 Å². The van der Waals surface area contributed by atoms with Crippen molar-refractivity contribution < 1.29 is 13.9 Å². The molecule has 0 bridgehead atoms. The van der Waals surface area contributed by atoms with Crippen LogP contribution in [0.4, 0.5) is 4.39 Å². The minimum Gasteiger partial charge on any atom is -0.454 e. The van der Waals surface area contributed by atoms with Crippen molar-refractivity contribution in [2.24, 2.45) is 0 Å². The van der Waals surface area contributed by atoms with Gasteiger partial charge in [-0.2, -0.15) is 5.10 Å². The van der Waals surface area contributed by atoms with E-state index in [1.807, 2.05) is 12.1 Å². The van der Waals surface area contributed by atoms with Gasteiger partial charge in [0.2, 0.25) is 6.79 Å². The van der Waals surface area contributed by atoms with Gasteiger partial charge < -0.3 is 19.4 Å². The molecule has 158 valence electrons. The second-order valence-corrected chi connectivity index (χ2v) is 7.29. The fraction of sp³-hybridized carbons (Fsp3) is 0.227. The van der Waals surface area contributed by atoms with Crippen LogP contribution in [0.15, 0.2) is 59.9 Å². The molecule has 0 unspecified atom stereocenters. The van der Waals surface area contributed by atoms with Gasteiger partial charge in [-0.05, 0) is 29.8 Å². The first-order valence-corrected chi connectivity index (χ1v) is 9.91. The molecule has 1 aliphatic rings. The summed E-state index contributed by atoms with van der Waals surface area (Å²) in [6.07, 6.45) is 3.13. The lowest BCUT2D eigenvalue weighted by atomic mass is 10.1. The van der Waals surface area contributed by atoms with Crippen molar-refractivity contribution in [3.05, 3.63) is 82.4 Å². The number of halogens is 1. The molecule has 2 aromatic carbocycles. The molecular formula is C22H20FN5O3. The maximum atomic E-state index is 13.7. The minimum atomic E-state index is -0.335.